The van der Waals surface area contributed by atoms with E-state index in [0.29, 0.717) is 34.6 Å². The molecule has 1 heterocycles. The molecule has 0 bridgehead atoms. The van der Waals surface area contributed by atoms with E-state index in [-0.39, 0.29) is 6.61 Å². The highest BCUT2D eigenvalue weighted by molar-refractivity contribution is 9.10. The second kappa shape index (κ2) is 9.51. The van der Waals surface area contributed by atoms with Gasteiger partial charge in [0, 0.05) is 26.6 Å². The van der Waals surface area contributed by atoms with Crippen LogP contribution in [0.3, 0.4) is 0 Å². The third kappa shape index (κ3) is 5.20. The molecule has 0 aliphatic carbocycles. The summed E-state index contributed by atoms with van der Waals surface area (Å²) < 4.78 is 17.6. The first-order valence-electron chi connectivity index (χ1n) is 8.23. The molecular weight excluding hydrogens is 453 g/mol. The minimum atomic E-state index is 0.247. The fourth-order valence-corrected chi connectivity index (χ4v) is 3.51. The lowest BCUT2D eigenvalue weighted by atomic mass is 10.2. The molecular formula is C20H18BrCl2NO3. The average Bonchev–Trinajstić information content (AvgIpc) is 3.16. The maximum Gasteiger partial charge on any atom is 0.162 e. The number of ether oxygens (including phenoxy) is 2. The first-order chi connectivity index (χ1) is 13.1. The smallest absolute Gasteiger partial charge is 0.162 e. The summed E-state index contributed by atoms with van der Waals surface area (Å²) in [5.74, 6) is 2.13. The lowest BCUT2D eigenvalue weighted by molar-refractivity contribution is 0.284. The van der Waals surface area contributed by atoms with Gasteiger partial charge < -0.3 is 19.2 Å². The number of halogens is 3. The fourth-order valence-electron chi connectivity index (χ4n) is 2.54. The van der Waals surface area contributed by atoms with Gasteiger partial charge in [0.15, 0.2) is 11.5 Å². The van der Waals surface area contributed by atoms with E-state index in [1.165, 1.54) is 0 Å². The summed E-state index contributed by atoms with van der Waals surface area (Å²) in [4.78, 5) is 0. The summed E-state index contributed by atoms with van der Waals surface area (Å²) in [7, 11) is 1.61. The van der Waals surface area contributed by atoms with Crippen LogP contribution < -0.4 is 14.8 Å². The minimum Gasteiger partial charge on any atom is -0.493 e. The Labute approximate surface area is 176 Å². The van der Waals surface area contributed by atoms with Crippen molar-refractivity contribution in [2.75, 3.05) is 7.11 Å². The number of hydrogen-bond acceptors (Lipinski definition) is 4. The SMILES string of the molecule is COc1cc(CNCc2ccco2)c(Br)cc1OCc1c(Cl)cccc1Cl. The molecule has 0 amide bonds. The van der Waals surface area contributed by atoms with E-state index in [4.69, 9.17) is 37.1 Å². The predicted molar refractivity (Wildman–Crippen MR) is 111 cm³/mol. The lowest BCUT2D eigenvalue weighted by Gasteiger charge is -2.15. The van der Waals surface area contributed by atoms with Gasteiger partial charge in [0.1, 0.15) is 12.4 Å². The molecule has 7 heteroatoms. The van der Waals surface area contributed by atoms with E-state index in [9.17, 15) is 0 Å². The molecule has 3 rings (SSSR count). The number of methoxy groups -OCH3 is 1. The third-order valence-corrected chi connectivity index (χ3v) is 5.41. The van der Waals surface area contributed by atoms with Crippen LogP contribution in [-0.2, 0) is 19.7 Å². The van der Waals surface area contributed by atoms with Crippen molar-refractivity contribution >= 4 is 39.1 Å². The van der Waals surface area contributed by atoms with E-state index >= 15 is 0 Å². The Morgan fingerprint density at radius 2 is 1.81 bits per heavy atom. The van der Waals surface area contributed by atoms with Gasteiger partial charge in [0.2, 0.25) is 0 Å². The van der Waals surface area contributed by atoms with Gasteiger partial charge in [0.25, 0.3) is 0 Å². The van der Waals surface area contributed by atoms with Gasteiger partial charge in [0.05, 0.1) is 19.9 Å². The van der Waals surface area contributed by atoms with Crippen LogP contribution in [0.15, 0.2) is 57.6 Å². The Bertz CT molecular complexity index is 880. The summed E-state index contributed by atoms with van der Waals surface area (Å²) >= 11 is 16.0. The van der Waals surface area contributed by atoms with Crippen molar-refractivity contribution in [3.63, 3.8) is 0 Å². The second-order valence-corrected chi connectivity index (χ2v) is 7.44. The van der Waals surface area contributed by atoms with E-state index in [2.05, 4.69) is 21.2 Å². The van der Waals surface area contributed by atoms with Crippen molar-refractivity contribution in [3.8, 4) is 11.5 Å². The molecule has 0 aliphatic rings. The molecule has 1 N–H and O–H groups in total. The zero-order chi connectivity index (χ0) is 19.2. The molecule has 0 aliphatic heterocycles. The summed E-state index contributed by atoms with van der Waals surface area (Å²) in [6.45, 7) is 1.54. The number of furan rings is 1. The van der Waals surface area contributed by atoms with Crippen molar-refractivity contribution in [2.24, 2.45) is 0 Å². The first-order valence-corrected chi connectivity index (χ1v) is 9.78. The number of benzene rings is 2. The minimum absolute atomic E-state index is 0.247. The van der Waals surface area contributed by atoms with Crippen molar-refractivity contribution in [3.05, 3.63) is 80.1 Å². The fraction of sp³-hybridized carbons (Fsp3) is 0.200. The van der Waals surface area contributed by atoms with Crippen molar-refractivity contribution in [1.82, 2.24) is 5.32 Å². The molecule has 0 saturated heterocycles. The van der Waals surface area contributed by atoms with Crippen LogP contribution in [0, 0.1) is 0 Å². The average molecular weight is 471 g/mol. The molecule has 0 saturated carbocycles. The van der Waals surface area contributed by atoms with Crippen LogP contribution >= 0.6 is 39.1 Å². The number of nitrogens with one attached hydrogen (secondary N) is 1. The van der Waals surface area contributed by atoms with Crippen LogP contribution in [0.25, 0.3) is 0 Å². The highest BCUT2D eigenvalue weighted by Gasteiger charge is 2.13. The molecule has 0 radical (unpaired) electrons. The van der Waals surface area contributed by atoms with E-state index in [1.807, 2.05) is 24.3 Å². The zero-order valence-corrected chi connectivity index (χ0v) is 17.7. The Hall–Kier alpha value is -1.66. The molecule has 0 unspecified atom stereocenters. The van der Waals surface area contributed by atoms with E-state index < -0.39 is 0 Å². The number of rotatable bonds is 8. The van der Waals surface area contributed by atoms with Crippen molar-refractivity contribution in [1.29, 1.82) is 0 Å². The summed E-state index contributed by atoms with van der Waals surface area (Å²) in [5.41, 5.74) is 1.78. The highest BCUT2D eigenvalue weighted by Crippen LogP contribution is 2.35. The Morgan fingerprint density at radius 3 is 2.48 bits per heavy atom. The highest BCUT2D eigenvalue weighted by atomic mass is 79.9. The monoisotopic (exact) mass is 469 g/mol. The molecule has 142 valence electrons. The maximum absolute atomic E-state index is 6.20. The van der Waals surface area contributed by atoms with Gasteiger partial charge in [-0.3, -0.25) is 0 Å². The van der Waals surface area contributed by atoms with Crippen LogP contribution in [0.5, 0.6) is 11.5 Å². The topological polar surface area (TPSA) is 43.6 Å². The Balaban J connectivity index is 1.69. The standard InChI is InChI=1S/C20H18BrCl2NO3/c1-25-19-8-13(10-24-11-14-4-3-7-26-14)16(21)9-20(19)27-12-15-17(22)5-2-6-18(15)23/h2-9,24H,10-12H2,1H3. The molecule has 3 aromatic rings. The van der Waals surface area contributed by atoms with E-state index in [0.717, 1.165) is 21.4 Å². The van der Waals surface area contributed by atoms with E-state index in [1.54, 1.807) is 31.6 Å². The van der Waals surface area contributed by atoms with Crippen molar-refractivity contribution < 1.29 is 13.9 Å². The lowest BCUT2D eigenvalue weighted by Crippen LogP contribution is -2.12. The van der Waals surface area contributed by atoms with Gasteiger partial charge in [-0.2, -0.15) is 0 Å². The largest absolute Gasteiger partial charge is 0.493 e. The van der Waals surface area contributed by atoms with Crippen molar-refractivity contribution in [2.45, 2.75) is 19.7 Å². The first kappa shape index (κ1) is 20.1. The summed E-state index contributed by atoms with van der Waals surface area (Å²) in [6.07, 6.45) is 1.66. The van der Waals surface area contributed by atoms with Crippen LogP contribution in [0.2, 0.25) is 10.0 Å². The summed E-state index contributed by atoms with van der Waals surface area (Å²) in [6, 6.07) is 13.0. The number of hydrogen-bond donors (Lipinski definition) is 1. The predicted octanol–water partition coefficient (Wildman–Crippen LogP) is 6.23. The Kier molecular flexibility index (Phi) is 7.07. The van der Waals surface area contributed by atoms with Gasteiger partial charge in [-0.05, 0) is 42.0 Å². The molecule has 0 spiro atoms. The normalized spacial score (nSPS) is 10.8. The molecule has 2 aromatic carbocycles. The van der Waals surface area contributed by atoms with Gasteiger partial charge in [-0.25, -0.2) is 0 Å². The quantitative estimate of drug-likeness (QED) is 0.424. The summed E-state index contributed by atoms with van der Waals surface area (Å²) in [5, 5.41) is 4.47. The zero-order valence-electron chi connectivity index (χ0n) is 14.6. The second-order valence-electron chi connectivity index (χ2n) is 5.77. The van der Waals surface area contributed by atoms with Crippen LogP contribution in [-0.4, -0.2) is 7.11 Å². The van der Waals surface area contributed by atoms with Crippen LogP contribution in [0.4, 0.5) is 0 Å². The van der Waals surface area contributed by atoms with Crippen LogP contribution in [0.1, 0.15) is 16.9 Å². The van der Waals surface area contributed by atoms with Gasteiger partial charge in [-0.15, -0.1) is 0 Å². The molecule has 1 aromatic heterocycles. The Morgan fingerprint density at radius 1 is 1.04 bits per heavy atom. The molecule has 0 fully saturated rings. The molecule has 0 atom stereocenters. The van der Waals surface area contributed by atoms with Gasteiger partial charge >= 0.3 is 0 Å². The third-order valence-electron chi connectivity index (χ3n) is 3.96. The van der Waals surface area contributed by atoms with Gasteiger partial charge in [-0.1, -0.05) is 45.2 Å². The molecule has 4 nitrogen and oxygen atoms in total. The molecule has 27 heavy (non-hydrogen) atoms. The maximum atomic E-state index is 6.20.